The Hall–Kier alpha value is -2.32. The maximum absolute atomic E-state index is 12.4. The second-order valence-electron chi connectivity index (χ2n) is 3.67. The Bertz CT molecular complexity index is 535. The summed E-state index contributed by atoms with van der Waals surface area (Å²) < 4.78 is 42.4. The van der Waals surface area contributed by atoms with Crippen molar-refractivity contribution in [3.05, 3.63) is 29.6 Å². The molecule has 1 aromatic heterocycles. The maximum Gasteiger partial charge on any atom is 0.435 e. The van der Waals surface area contributed by atoms with E-state index in [9.17, 15) is 22.8 Å². The maximum atomic E-state index is 12.4. The van der Waals surface area contributed by atoms with Crippen LogP contribution in [-0.2, 0) is 22.8 Å². The van der Waals surface area contributed by atoms with Gasteiger partial charge < -0.3 is 10.1 Å². The number of hydrogen-bond acceptors (Lipinski definition) is 4. The molecule has 0 fully saturated rings. The van der Waals surface area contributed by atoms with Gasteiger partial charge in [-0.25, -0.2) is 4.79 Å². The van der Waals surface area contributed by atoms with E-state index in [-0.39, 0.29) is 12.2 Å². The molecule has 6 nitrogen and oxygen atoms in total. The number of aryl methyl sites for hydroxylation is 1. The van der Waals surface area contributed by atoms with Crippen LogP contribution >= 0.6 is 0 Å². The van der Waals surface area contributed by atoms with Crippen LogP contribution in [0.2, 0.25) is 0 Å². The van der Waals surface area contributed by atoms with Gasteiger partial charge in [0.05, 0.1) is 7.11 Å². The quantitative estimate of drug-likeness (QED) is 0.660. The van der Waals surface area contributed by atoms with Crippen molar-refractivity contribution in [2.75, 3.05) is 13.7 Å². The monoisotopic (exact) mass is 291 g/mol. The van der Waals surface area contributed by atoms with E-state index in [1.54, 1.807) is 0 Å². The first-order valence-corrected chi connectivity index (χ1v) is 5.39. The number of carbonyl (C=O) groups excluding carboxylic acids is 2. The molecule has 0 radical (unpaired) electrons. The summed E-state index contributed by atoms with van der Waals surface area (Å²) in [7, 11) is 2.42. The highest BCUT2D eigenvalue weighted by molar-refractivity contribution is 5.92. The zero-order chi connectivity index (χ0) is 15.3. The van der Waals surface area contributed by atoms with Crippen molar-refractivity contribution >= 4 is 11.9 Å². The summed E-state index contributed by atoms with van der Waals surface area (Å²) in [4.78, 5) is 22.4. The molecule has 1 aromatic rings. The zero-order valence-electron chi connectivity index (χ0n) is 10.7. The van der Waals surface area contributed by atoms with Crippen molar-refractivity contribution in [2.45, 2.75) is 6.18 Å². The summed E-state index contributed by atoms with van der Waals surface area (Å²) in [5.41, 5.74) is -1.38. The topological polar surface area (TPSA) is 73.2 Å². The van der Waals surface area contributed by atoms with Gasteiger partial charge in [-0.2, -0.15) is 18.3 Å². The van der Waals surface area contributed by atoms with Gasteiger partial charge in [-0.15, -0.1) is 0 Å². The number of carbonyl (C=O) groups is 2. The molecule has 0 unspecified atom stereocenters. The lowest BCUT2D eigenvalue weighted by Crippen LogP contribution is -2.25. The van der Waals surface area contributed by atoms with Crippen LogP contribution in [0.5, 0.6) is 0 Å². The SMILES string of the molecule is COC(=O)/C=C/CNC(=O)c1cc(C(F)(F)F)nn1C. The van der Waals surface area contributed by atoms with Crippen molar-refractivity contribution in [3.8, 4) is 0 Å². The molecule has 1 heterocycles. The van der Waals surface area contributed by atoms with Gasteiger partial charge in [0.25, 0.3) is 5.91 Å². The first kappa shape index (κ1) is 15.7. The number of nitrogens with zero attached hydrogens (tertiary/aromatic N) is 2. The fourth-order valence-corrected chi connectivity index (χ4v) is 1.28. The van der Waals surface area contributed by atoms with Gasteiger partial charge >= 0.3 is 12.1 Å². The summed E-state index contributed by atoms with van der Waals surface area (Å²) in [6, 6.07) is 0.652. The average molecular weight is 291 g/mol. The number of alkyl halides is 3. The van der Waals surface area contributed by atoms with Crippen molar-refractivity contribution in [3.63, 3.8) is 0 Å². The van der Waals surface area contributed by atoms with Crippen molar-refractivity contribution in [1.82, 2.24) is 15.1 Å². The fourth-order valence-electron chi connectivity index (χ4n) is 1.28. The van der Waals surface area contributed by atoms with Crippen LogP contribution in [-0.4, -0.2) is 35.3 Å². The second-order valence-corrected chi connectivity index (χ2v) is 3.67. The molecule has 110 valence electrons. The van der Waals surface area contributed by atoms with Crippen LogP contribution in [0.1, 0.15) is 16.2 Å². The minimum atomic E-state index is -4.61. The van der Waals surface area contributed by atoms with Crippen LogP contribution < -0.4 is 5.32 Å². The highest BCUT2D eigenvalue weighted by Gasteiger charge is 2.35. The third-order valence-electron chi connectivity index (χ3n) is 2.24. The number of nitrogens with one attached hydrogen (secondary N) is 1. The van der Waals surface area contributed by atoms with Gasteiger partial charge in [-0.3, -0.25) is 9.48 Å². The van der Waals surface area contributed by atoms with Crippen LogP contribution in [0.3, 0.4) is 0 Å². The lowest BCUT2D eigenvalue weighted by atomic mass is 10.3. The van der Waals surface area contributed by atoms with E-state index in [1.165, 1.54) is 20.2 Å². The average Bonchev–Trinajstić information content (AvgIpc) is 2.76. The number of rotatable bonds is 4. The third kappa shape index (κ3) is 4.11. The van der Waals surface area contributed by atoms with Gasteiger partial charge in [0.1, 0.15) is 5.69 Å². The Morgan fingerprint density at radius 3 is 2.65 bits per heavy atom. The van der Waals surface area contributed by atoms with E-state index in [4.69, 9.17) is 0 Å². The molecule has 0 aliphatic heterocycles. The molecule has 20 heavy (non-hydrogen) atoms. The lowest BCUT2D eigenvalue weighted by Gasteiger charge is -2.01. The number of ether oxygens (including phenoxy) is 1. The van der Waals surface area contributed by atoms with E-state index in [0.29, 0.717) is 6.07 Å². The summed E-state index contributed by atoms with van der Waals surface area (Å²) in [5, 5.41) is 5.53. The normalized spacial score (nSPS) is 11.7. The van der Waals surface area contributed by atoms with E-state index in [1.807, 2.05) is 0 Å². The first-order valence-electron chi connectivity index (χ1n) is 5.39. The van der Waals surface area contributed by atoms with E-state index in [2.05, 4.69) is 15.2 Å². The van der Waals surface area contributed by atoms with Crippen LogP contribution in [0.25, 0.3) is 0 Å². The molecule has 9 heteroatoms. The summed E-state index contributed by atoms with van der Waals surface area (Å²) in [6.07, 6.45) is -2.21. The zero-order valence-corrected chi connectivity index (χ0v) is 10.7. The second kappa shape index (κ2) is 6.22. The van der Waals surface area contributed by atoms with Crippen molar-refractivity contribution in [2.24, 2.45) is 7.05 Å². The van der Waals surface area contributed by atoms with Gasteiger partial charge in [0.2, 0.25) is 0 Å². The van der Waals surface area contributed by atoms with Gasteiger partial charge in [0, 0.05) is 25.7 Å². The third-order valence-corrected chi connectivity index (χ3v) is 2.24. The molecule has 0 saturated heterocycles. The van der Waals surface area contributed by atoms with E-state index >= 15 is 0 Å². The van der Waals surface area contributed by atoms with Gasteiger partial charge in [0.15, 0.2) is 5.69 Å². The molecule has 0 aliphatic rings. The first-order chi connectivity index (χ1) is 9.25. The number of amides is 1. The predicted octanol–water partition coefficient (Wildman–Crippen LogP) is 0.898. The predicted molar refractivity (Wildman–Crippen MR) is 61.7 cm³/mol. The number of aromatic nitrogens is 2. The Labute approximate surface area is 112 Å². The van der Waals surface area contributed by atoms with Crippen LogP contribution in [0, 0.1) is 0 Å². The molecule has 0 spiro atoms. The molecular formula is C11H12F3N3O3. The van der Waals surface area contributed by atoms with Gasteiger partial charge in [-0.1, -0.05) is 6.08 Å². The largest absolute Gasteiger partial charge is 0.466 e. The Kier molecular flexibility index (Phi) is 4.89. The lowest BCUT2D eigenvalue weighted by molar-refractivity contribution is -0.141. The highest BCUT2D eigenvalue weighted by atomic mass is 19.4. The molecule has 0 saturated carbocycles. The Morgan fingerprint density at radius 1 is 1.50 bits per heavy atom. The summed E-state index contributed by atoms with van der Waals surface area (Å²) in [5.74, 6) is -1.33. The molecule has 0 aliphatic carbocycles. The molecule has 0 aromatic carbocycles. The van der Waals surface area contributed by atoms with E-state index in [0.717, 1.165) is 10.8 Å². The van der Waals surface area contributed by atoms with Crippen LogP contribution in [0.4, 0.5) is 13.2 Å². The molecule has 0 bridgehead atoms. The van der Waals surface area contributed by atoms with Gasteiger partial charge in [-0.05, 0) is 0 Å². The number of hydrogen-bond donors (Lipinski definition) is 1. The number of esters is 1. The highest BCUT2D eigenvalue weighted by Crippen LogP contribution is 2.28. The molecule has 1 amide bonds. The summed E-state index contributed by atoms with van der Waals surface area (Å²) >= 11 is 0. The Morgan fingerprint density at radius 2 is 2.15 bits per heavy atom. The van der Waals surface area contributed by atoms with Crippen molar-refractivity contribution < 1.29 is 27.5 Å². The van der Waals surface area contributed by atoms with E-state index < -0.39 is 23.7 Å². The minimum absolute atomic E-state index is 0.0273. The molecule has 0 atom stereocenters. The smallest absolute Gasteiger partial charge is 0.435 e. The number of methoxy groups -OCH3 is 1. The molecular weight excluding hydrogens is 279 g/mol. The molecule has 1 N–H and O–H groups in total. The Balaban J connectivity index is 2.67. The number of halogens is 3. The fraction of sp³-hybridized carbons (Fsp3) is 0.364. The van der Waals surface area contributed by atoms with Crippen molar-refractivity contribution in [1.29, 1.82) is 0 Å². The standard InChI is InChI=1S/C11H12F3N3O3/c1-17-7(6-8(16-17)11(12,13)14)10(19)15-5-3-4-9(18)20-2/h3-4,6H,5H2,1-2H3,(H,15,19)/b4-3+. The van der Waals surface area contributed by atoms with Crippen LogP contribution in [0.15, 0.2) is 18.2 Å². The summed E-state index contributed by atoms with van der Waals surface area (Å²) in [6.45, 7) is -0.0273. The minimum Gasteiger partial charge on any atom is -0.466 e. The molecule has 1 rings (SSSR count).